The fourth-order valence-corrected chi connectivity index (χ4v) is 1.69. The topological polar surface area (TPSA) is 124 Å². The van der Waals surface area contributed by atoms with Crippen molar-refractivity contribution in [3.05, 3.63) is 42.0 Å². The van der Waals surface area contributed by atoms with E-state index in [4.69, 9.17) is 5.26 Å². The molecule has 0 radical (unpaired) electrons. The zero-order valence-corrected chi connectivity index (χ0v) is 11.8. The summed E-state index contributed by atoms with van der Waals surface area (Å²) in [5.41, 5.74) is 0.456. The van der Waals surface area contributed by atoms with Crippen molar-refractivity contribution in [2.24, 2.45) is 0 Å². The van der Waals surface area contributed by atoms with Crippen molar-refractivity contribution in [3.8, 4) is 6.07 Å². The molecule has 2 aromatic rings. The Morgan fingerprint density at radius 1 is 1.41 bits per heavy atom. The Bertz CT molecular complexity index is 704. The maximum Gasteiger partial charge on any atom is 0.274 e. The lowest BCUT2D eigenvalue weighted by atomic mass is 10.2. The fraction of sp³-hybridized carbons (Fsp3) is 0.214. The van der Waals surface area contributed by atoms with E-state index < -0.39 is 17.9 Å². The van der Waals surface area contributed by atoms with Gasteiger partial charge in [0.25, 0.3) is 11.8 Å². The summed E-state index contributed by atoms with van der Waals surface area (Å²) >= 11 is 0. The maximum atomic E-state index is 12.1. The van der Waals surface area contributed by atoms with Crippen LogP contribution < -0.4 is 10.6 Å². The van der Waals surface area contributed by atoms with Crippen LogP contribution in [-0.2, 0) is 0 Å². The van der Waals surface area contributed by atoms with Crippen molar-refractivity contribution in [1.29, 1.82) is 5.26 Å². The number of hydrogen-bond donors (Lipinski definition) is 3. The molecule has 2 amide bonds. The van der Waals surface area contributed by atoms with E-state index in [1.165, 1.54) is 12.4 Å². The Kier molecular flexibility index (Phi) is 4.82. The second kappa shape index (κ2) is 6.99. The zero-order valence-electron chi connectivity index (χ0n) is 11.8. The first-order valence-corrected chi connectivity index (χ1v) is 6.62. The molecule has 22 heavy (non-hydrogen) atoms. The lowest BCUT2D eigenvalue weighted by Crippen LogP contribution is -2.34. The standard InChI is InChI=1S/C14H14N6O2/c1-2-9(7-15)18-14(22)12-11(8-17-20-12)19-13(21)10-5-3-4-6-16-10/h3-6,8-9H,2H2,1H3,(H,17,20)(H,18,22)(H,19,21). The lowest BCUT2D eigenvalue weighted by Gasteiger charge is -2.09. The van der Waals surface area contributed by atoms with Gasteiger partial charge in [0.1, 0.15) is 11.7 Å². The first-order chi connectivity index (χ1) is 10.7. The average Bonchev–Trinajstić information content (AvgIpc) is 3.01. The molecule has 0 aliphatic heterocycles. The van der Waals surface area contributed by atoms with Crippen molar-refractivity contribution in [1.82, 2.24) is 20.5 Å². The van der Waals surface area contributed by atoms with Gasteiger partial charge in [0.15, 0.2) is 5.69 Å². The van der Waals surface area contributed by atoms with Gasteiger partial charge in [0, 0.05) is 12.4 Å². The number of rotatable bonds is 5. The molecule has 0 saturated heterocycles. The molecule has 2 heterocycles. The quantitative estimate of drug-likeness (QED) is 0.762. The molecular formula is C14H14N6O2. The number of amides is 2. The molecule has 0 bridgehead atoms. The van der Waals surface area contributed by atoms with Crippen LogP contribution >= 0.6 is 0 Å². The normalized spacial score (nSPS) is 11.3. The maximum absolute atomic E-state index is 12.1. The van der Waals surface area contributed by atoms with E-state index in [-0.39, 0.29) is 17.1 Å². The first kappa shape index (κ1) is 15.2. The number of aromatic amines is 1. The third-order valence-corrected chi connectivity index (χ3v) is 2.87. The number of nitrogens with zero attached hydrogens (tertiary/aromatic N) is 3. The highest BCUT2D eigenvalue weighted by molar-refractivity contribution is 6.07. The predicted molar refractivity (Wildman–Crippen MR) is 77.9 cm³/mol. The van der Waals surface area contributed by atoms with Gasteiger partial charge in [-0.1, -0.05) is 13.0 Å². The Morgan fingerprint density at radius 2 is 2.23 bits per heavy atom. The number of carbonyl (C=O) groups excluding carboxylic acids is 2. The van der Waals surface area contributed by atoms with Gasteiger partial charge in [-0.15, -0.1) is 0 Å². The molecule has 8 nitrogen and oxygen atoms in total. The van der Waals surface area contributed by atoms with Crippen molar-refractivity contribution in [3.63, 3.8) is 0 Å². The zero-order chi connectivity index (χ0) is 15.9. The molecule has 1 unspecified atom stereocenters. The Morgan fingerprint density at radius 3 is 2.86 bits per heavy atom. The summed E-state index contributed by atoms with van der Waals surface area (Å²) in [7, 11) is 0. The molecule has 0 aromatic carbocycles. The van der Waals surface area contributed by atoms with E-state index in [9.17, 15) is 9.59 Å². The molecule has 1 atom stereocenters. The Labute approximate surface area is 126 Å². The molecule has 112 valence electrons. The molecule has 0 saturated carbocycles. The van der Waals surface area contributed by atoms with Crippen LogP contribution in [0.25, 0.3) is 0 Å². The van der Waals surface area contributed by atoms with Crippen molar-refractivity contribution < 1.29 is 9.59 Å². The molecule has 8 heteroatoms. The van der Waals surface area contributed by atoms with Gasteiger partial charge in [-0.3, -0.25) is 19.7 Å². The third kappa shape index (κ3) is 3.46. The van der Waals surface area contributed by atoms with E-state index in [1.807, 2.05) is 6.07 Å². The van der Waals surface area contributed by atoms with Crippen molar-refractivity contribution >= 4 is 17.5 Å². The van der Waals surface area contributed by atoms with Crippen LogP contribution in [0.4, 0.5) is 5.69 Å². The summed E-state index contributed by atoms with van der Waals surface area (Å²) in [6, 6.07) is 6.29. The smallest absolute Gasteiger partial charge is 0.274 e. The average molecular weight is 298 g/mol. The number of nitrogens with one attached hydrogen (secondary N) is 3. The number of aromatic nitrogens is 3. The largest absolute Gasteiger partial charge is 0.335 e. The van der Waals surface area contributed by atoms with Crippen molar-refractivity contribution in [2.45, 2.75) is 19.4 Å². The van der Waals surface area contributed by atoms with E-state index >= 15 is 0 Å². The minimum absolute atomic E-state index is 0.0120. The highest BCUT2D eigenvalue weighted by atomic mass is 16.2. The van der Waals surface area contributed by atoms with Crippen molar-refractivity contribution in [2.75, 3.05) is 5.32 Å². The molecule has 0 aliphatic rings. The van der Waals surface area contributed by atoms with Crippen LogP contribution in [0.2, 0.25) is 0 Å². The predicted octanol–water partition coefficient (Wildman–Crippen LogP) is 1.09. The Hall–Kier alpha value is -3.21. The lowest BCUT2D eigenvalue weighted by molar-refractivity contribution is 0.0940. The van der Waals surface area contributed by atoms with Gasteiger partial charge in [0.2, 0.25) is 0 Å². The molecule has 3 N–H and O–H groups in total. The third-order valence-electron chi connectivity index (χ3n) is 2.87. The van der Waals surface area contributed by atoms with Gasteiger partial charge in [0.05, 0.1) is 11.8 Å². The minimum atomic E-state index is -0.608. The van der Waals surface area contributed by atoms with Gasteiger partial charge < -0.3 is 10.6 Å². The summed E-state index contributed by atoms with van der Waals surface area (Å²) in [5.74, 6) is -0.991. The van der Waals surface area contributed by atoms with E-state index in [0.717, 1.165) is 0 Å². The van der Waals surface area contributed by atoms with Crippen LogP contribution in [0.1, 0.15) is 34.3 Å². The van der Waals surface area contributed by atoms with Gasteiger partial charge in [-0.2, -0.15) is 10.4 Å². The monoisotopic (exact) mass is 298 g/mol. The number of nitriles is 1. The molecule has 0 spiro atoms. The SMILES string of the molecule is CCC(C#N)NC(=O)c1n[nH]cc1NC(=O)c1ccccn1. The van der Waals surface area contributed by atoms with Crippen LogP contribution in [0.15, 0.2) is 30.6 Å². The van der Waals surface area contributed by atoms with E-state index in [0.29, 0.717) is 6.42 Å². The molecule has 2 aromatic heterocycles. The van der Waals surface area contributed by atoms with Gasteiger partial charge in [-0.25, -0.2) is 0 Å². The van der Waals surface area contributed by atoms with Crippen LogP contribution in [0.5, 0.6) is 0 Å². The molecule has 2 rings (SSSR count). The second-order valence-corrected chi connectivity index (χ2v) is 4.38. The number of H-pyrrole nitrogens is 1. The number of hydrogen-bond acceptors (Lipinski definition) is 5. The fourth-order valence-electron chi connectivity index (χ4n) is 1.69. The van der Waals surface area contributed by atoms with Crippen LogP contribution in [0, 0.1) is 11.3 Å². The first-order valence-electron chi connectivity index (χ1n) is 6.62. The van der Waals surface area contributed by atoms with Gasteiger partial charge >= 0.3 is 0 Å². The van der Waals surface area contributed by atoms with Gasteiger partial charge in [-0.05, 0) is 18.6 Å². The van der Waals surface area contributed by atoms with E-state index in [1.54, 1.807) is 25.1 Å². The van der Waals surface area contributed by atoms with Crippen LogP contribution in [-0.4, -0.2) is 33.0 Å². The highest BCUT2D eigenvalue weighted by Crippen LogP contribution is 2.13. The molecule has 0 fully saturated rings. The molecule has 0 aliphatic carbocycles. The summed E-state index contributed by atoms with van der Waals surface area (Å²) < 4.78 is 0. The number of anilines is 1. The summed E-state index contributed by atoms with van der Waals surface area (Å²) in [6.07, 6.45) is 3.36. The molecular weight excluding hydrogens is 284 g/mol. The number of pyridine rings is 1. The summed E-state index contributed by atoms with van der Waals surface area (Å²) in [4.78, 5) is 28.0. The second-order valence-electron chi connectivity index (χ2n) is 4.38. The van der Waals surface area contributed by atoms with E-state index in [2.05, 4.69) is 25.8 Å². The number of carbonyl (C=O) groups is 2. The highest BCUT2D eigenvalue weighted by Gasteiger charge is 2.19. The minimum Gasteiger partial charge on any atom is -0.335 e. The Balaban J connectivity index is 2.11. The summed E-state index contributed by atoms with van der Waals surface area (Å²) in [6.45, 7) is 1.78. The summed E-state index contributed by atoms with van der Waals surface area (Å²) in [5, 5.41) is 20.3. The van der Waals surface area contributed by atoms with Crippen LogP contribution in [0.3, 0.4) is 0 Å².